The topological polar surface area (TPSA) is 93.8 Å². The van der Waals surface area contributed by atoms with Crippen LogP contribution in [0.1, 0.15) is 5.69 Å². The molecule has 0 radical (unpaired) electrons. The number of pyridine rings is 1. The predicted molar refractivity (Wildman–Crippen MR) is 66.2 cm³/mol. The second-order valence-corrected chi connectivity index (χ2v) is 3.73. The third-order valence-corrected chi connectivity index (χ3v) is 2.44. The predicted octanol–water partition coefficient (Wildman–Crippen LogP) is 1.94. The number of nitrogens with zero attached hydrogens (tertiary/aromatic N) is 4. The van der Waals surface area contributed by atoms with Crippen molar-refractivity contribution < 1.29 is 9.31 Å². The van der Waals surface area contributed by atoms with Gasteiger partial charge in [0.25, 0.3) is 0 Å². The minimum Gasteiger partial charge on any atom is -0.357 e. The summed E-state index contributed by atoms with van der Waals surface area (Å²) < 4.78 is 13.2. The average Bonchev–Trinajstić information content (AvgIpc) is 2.37. The molecule has 98 valence electrons. The van der Waals surface area contributed by atoms with Crippen molar-refractivity contribution in [3.05, 3.63) is 40.1 Å². The van der Waals surface area contributed by atoms with Crippen molar-refractivity contribution in [1.29, 1.82) is 0 Å². The summed E-state index contributed by atoms with van der Waals surface area (Å²) in [6, 6.07) is 1.14. The van der Waals surface area contributed by atoms with Crippen molar-refractivity contribution in [2.24, 2.45) is 0 Å². The van der Waals surface area contributed by atoms with E-state index in [0.29, 0.717) is 0 Å². The molecule has 0 aliphatic heterocycles. The monoisotopic (exact) mass is 263 g/mol. The Balaban J connectivity index is 2.72. The molecule has 0 aromatic carbocycles. The van der Waals surface area contributed by atoms with Gasteiger partial charge in [-0.2, -0.15) is 0 Å². The van der Waals surface area contributed by atoms with Crippen molar-refractivity contribution in [2.75, 3.05) is 12.4 Å². The van der Waals surface area contributed by atoms with Crippen LogP contribution in [0.15, 0.2) is 18.5 Å². The Bertz CT molecular complexity index is 647. The molecule has 1 N–H and O–H groups in total. The van der Waals surface area contributed by atoms with Crippen molar-refractivity contribution in [3.63, 3.8) is 0 Å². The van der Waals surface area contributed by atoms with Gasteiger partial charge in [-0.05, 0) is 13.0 Å². The molecule has 2 heterocycles. The molecule has 0 saturated carbocycles. The highest BCUT2D eigenvalue weighted by Gasteiger charge is 2.23. The Hall–Kier alpha value is -2.64. The number of halogens is 1. The van der Waals surface area contributed by atoms with Gasteiger partial charge in [0.15, 0.2) is 5.69 Å². The first kappa shape index (κ1) is 12.8. The number of hydrogen-bond acceptors (Lipinski definition) is 6. The van der Waals surface area contributed by atoms with E-state index in [4.69, 9.17) is 0 Å². The molecule has 2 rings (SSSR count). The largest absolute Gasteiger partial charge is 0.357 e. The number of nitrogens with one attached hydrogen (secondary N) is 1. The molecule has 0 aliphatic rings. The maximum Gasteiger partial charge on any atom is 0.316 e. The molecule has 0 spiro atoms. The van der Waals surface area contributed by atoms with Crippen molar-refractivity contribution in [3.8, 4) is 11.3 Å². The molecule has 0 saturated heterocycles. The first-order valence-electron chi connectivity index (χ1n) is 5.34. The highest BCUT2D eigenvalue weighted by molar-refractivity contribution is 5.71. The summed E-state index contributed by atoms with van der Waals surface area (Å²) in [5.41, 5.74) is 0.206. The van der Waals surface area contributed by atoms with Crippen molar-refractivity contribution >= 4 is 11.6 Å². The smallest absolute Gasteiger partial charge is 0.316 e. The van der Waals surface area contributed by atoms with E-state index in [1.807, 2.05) is 0 Å². The van der Waals surface area contributed by atoms with Crippen LogP contribution in [0.4, 0.5) is 16.0 Å². The quantitative estimate of drug-likeness (QED) is 0.671. The Morgan fingerprint density at radius 2 is 2.11 bits per heavy atom. The summed E-state index contributed by atoms with van der Waals surface area (Å²) in [4.78, 5) is 22.1. The second-order valence-electron chi connectivity index (χ2n) is 3.73. The number of hydrogen-bond donors (Lipinski definition) is 1. The fraction of sp³-hybridized carbons (Fsp3) is 0.182. The molecule has 19 heavy (non-hydrogen) atoms. The van der Waals surface area contributed by atoms with Gasteiger partial charge in [-0.3, -0.25) is 15.1 Å². The van der Waals surface area contributed by atoms with Crippen LogP contribution in [0, 0.1) is 22.9 Å². The SMILES string of the molecule is CNc1nc(C)c([N+](=O)[O-])c(-c2cncc(F)c2)n1. The molecule has 2 aromatic heterocycles. The van der Waals surface area contributed by atoms with E-state index < -0.39 is 10.7 Å². The fourth-order valence-electron chi connectivity index (χ4n) is 1.64. The third-order valence-electron chi connectivity index (χ3n) is 2.44. The summed E-state index contributed by atoms with van der Waals surface area (Å²) >= 11 is 0. The summed E-state index contributed by atoms with van der Waals surface area (Å²) in [7, 11) is 1.59. The first-order valence-corrected chi connectivity index (χ1v) is 5.34. The lowest BCUT2D eigenvalue weighted by Crippen LogP contribution is -2.05. The van der Waals surface area contributed by atoms with E-state index >= 15 is 0 Å². The van der Waals surface area contributed by atoms with Gasteiger partial charge < -0.3 is 5.32 Å². The van der Waals surface area contributed by atoms with Crippen molar-refractivity contribution in [1.82, 2.24) is 15.0 Å². The minimum atomic E-state index is -0.589. The van der Waals surface area contributed by atoms with Crippen LogP contribution < -0.4 is 5.32 Å². The zero-order valence-electron chi connectivity index (χ0n) is 10.2. The van der Waals surface area contributed by atoms with Gasteiger partial charge >= 0.3 is 5.69 Å². The van der Waals surface area contributed by atoms with Gasteiger partial charge in [0, 0.05) is 18.8 Å². The summed E-state index contributed by atoms with van der Waals surface area (Å²) in [6.07, 6.45) is 2.33. The van der Waals surface area contributed by atoms with E-state index in [9.17, 15) is 14.5 Å². The molecule has 2 aromatic rings. The fourth-order valence-corrected chi connectivity index (χ4v) is 1.64. The maximum atomic E-state index is 13.2. The van der Waals surface area contributed by atoms with E-state index in [1.165, 1.54) is 13.1 Å². The lowest BCUT2D eigenvalue weighted by Gasteiger charge is -2.07. The van der Waals surface area contributed by atoms with E-state index in [-0.39, 0.29) is 28.6 Å². The van der Waals surface area contributed by atoms with Crippen LogP contribution in [-0.2, 0) is 0 Å². The molecule has 7 nitrogen and oxygen atoms in total. The first-order chi connectivity index (χ1) is 9.02. The van der Waals surface area contributed by atoms with Gasteiger partial charge in [0.05, 0.1) is 11.1 Å². The van der Waals surface area contributed by atoms with Crippen LogP contribution in [0.3, 0.4) is 0 Å². The minimum absolute atomic E-state index is 0.0360. The van der Waals surface area contributed by atoms with Gasteiger partial charge in [-0.25, -0.2) is 14.4 Å². The van der Waals surface area contributed by atoms with Gasteiger partial charge in [-0.1, -0.05) is 0 Å². The molecule has 0 unspecified atom stereocenters. The lowest BCUT2D eigenvalue weighted by atomic mass is 10.1. The summed E-state index contributed by atoms with van der Waals surface area (Å²) in [5.74, 6) is -0.364. The number of aryl methyl sites for hydroxylation is 1. The Labute approximate surface area is 107 Å². The average molecular weight is 263 g/mol. The summed E-state index contributed by atoms with van der Waals surface area (Å²) in [5, 5.41) is 13.8. The number of nitro groups is 1. The number of rotatable bonds is 3. The lowest BCUT2D eigenvalue weighted by molar-refractivity contribution is -0.385. The van der Waals surface area contributed by atoms with E-state index in [2.05, 4.69) is 20.3 Å². The third kappa shape index (κ3) is 2.46. The van der Waals surface area contributed by atoms with Crippen LogP contribution >= 0.6 is 0 Å². The Kier molecular flexibility index (Phi) is 3.32. The van der Waals surface area contributed by atoms with Gasteiger partial charge in [0.2, 0.25) is 5.95 Å². The molecule has 0 fully saturated rings. The highest BCUT2D eigenvalue weighted by atomic mass is 19.1. The van der Waals surface area contributed by atoms with Crippen molar-refractivity contribution in [2.45, 2.75) is 6.92 Å². The molecular formula is C11H10FN5O2. The molecule has 8 heteroatoms. The molecular weight excluding hydrogens is 253 g/mol. The highest BCUT2D eigenvalue weighted by Crippen LogP contribution is 2.30. The van der Waals surface area contributed by atoms with Crippen LogP contribution in [0.5, 0.6) is 0 Å². The molecule has 0 amide bonds. The normalized spacial score (nSPS) is 10.3. The second kappa shape index (κ2) is 4.92. The van der Waals surface area contributed by atoms with Crippen LogP contribution in [-0.4, -0.2) is 26.9 Å². The zero-order valence-corrected chi connectivity index (χ0v) is 10.2. The van der Waals surface area contributed by atoms with Crippen LogP contribution in [0.2, 0.25) is 0 Å². The standard InChI is InChI=1S/C11H10FN5O2/c1-6-10(17(18)19)9(16-11(13-2)15-6)7-3-8(12)5-14-4-7/h3-5H,1-2H3,(H,13,15,16). The van der Waals surface area contributed by atoms with Gasteiger partial charge in [-0.15, -0.1) is 0 Å². The summed E-state index contributed by atoms with van der Waals surface area (Å²) in [6.45, 7) is 1.50. The van der Waals surface area contributed by atoms with E-state index in [1.54, 1.807) is 7.05 Å². The maximum absolute atomic E-state index is 13.2. The number of anilines is 1. The number of aromatic nitrogens is 3. The van der Waals surface area contributed by atoms with Crippen LogP contribution in [0.25, 0.3) is 11.3 Å². The molecule has 0 bridgehead atoms. The molecule has 0 aliphatic carbocycles. The Morgan fingerprint density at radius 1 is 1.37 bits per heavy atom. The van der Waals surface area contributed by atoms with E-state index in [0.717, 1.165) is 12.3 Å². The Morgan fingerprint density at radius 3 is 2.68 bits per heavy atom. The molecule has 0 atom stereocenters. The zero-order chi connectivity index (χ0) is 14.0. The van der Waals surface area contributed by atoms with Gasteiger partial charge in [0.1, 0.15) is 11.5 Å².